The lowest BCUT2D eigenvalue weighted by atomic mass is 10.2. The molecule has 0 atom stereocenters. The molecule has 0 radical (unpaired) electrons. The number of amides is 1. The van der Waals surface area contributed by atoms with Crippen molar-refractivity contribution in [2.45, 2.75) is 13.5 Å². The maximum atomic E-state index is 11.2. The van der Waals surface area contributed by atoms with Crippen LogP contribution in [0, 0.1) is 18.3 Å². The van der Waals surface area contributed by atoms with Crippen molar-refractivity contribution in [1.29, 1.82) is 5.26 Å². The number of carbonyl (C=O) groups excluding carboxylic acids is 1. The first-order chi connectivity index (χ1) is 8.52. The molecule has 0 spiro atoms. The van der Waals surface area contributed by atoms with Gasteiger partial charge in [0.2, 0.25) is 0 Å². The Kier molecular flexibility index (Phi) is 3.02. The van der Waals surface area contributed by atoms with E-state index >= 15 is 0 Å². The second kappa shape index (κ2) is 4.49. The first-order valence-corrected chi connectivity index (χ1v) is 5.60. The Morgan fingerprint density at radius 2 is 2.28 bits per heavy atom. The number of fused-ring (bicyclic) bond motifs is 1. The first-order valence-electron chi connectivity index (χ1n) is 5.60. The van der Waals surface area contributed by atoms with Gasteiger partial charge in [-0.05, 0) is 24.6 Å². The number of nitriles is 1. The summed E-state index contributed by atoms with van der Waals surface area (Å²) < 4.78 is 2.02. The molecule has 0 fully saturated rings. The summed E-state index contributed by atoms with van der Waals surface area (Å²) in [6.07, 6.45) is 0. The fourth-order valence-corrected chi connectivity index (χ4v) is 1.90. The zero-order valence-electron chi connectivity index (χ0n) is 10.6. The van der Waals surface area contributed by atoms with Crippen molar-refractivity contribution in [2.75, 3.05) is 7.05 Å². The molecule has 1 aromatic heterocycles. The Hall–Kier alpha value is -2.35. The van der Waals surface area contributed by atoms with Crippen LogP contribution in [0.5, 0.6) is 0 Å². The van der Waals surface area contributed by atoms with Gasteiger partial charge in [0, 0.05) is 20.6 Å². The molecular weight excluding hydrogens is 228 g/mol. The van der Waals surface area contributed by atoms with Gasteiger partial charge in [-0.25, -0.2) is 4.98 Å². The van der Waals surface area contributed by atoms with Crippen LogP contribution in [0.15, 0.2) is 18.2 Å². The summed E-state index contributed by atoms with van der Waals surface area (Å²) in [5.41, 5.74) is 2.93. The van der Waals surface area contributed by atoms with E-state index in [0.29, 0.717) is 6.54 Å². The van der Waals surface area contributed by atoms with Gasteiger partial charge in [0.25, 0.3) is 0 Å². The lowest BCUT2D eigenvalue weighted by Gasteiger charge is -2.12. The second-order valence-electron chi connectivity index (χ2n) is 4.31. The van der Waals surface area contributed by atoms with Crippen molar-refractivity contribution >= 4 is 16.9 Å². The molecule has 0 saturated carbocycles. The minimum absolute atomic E-state index is 0.415. The van der Waals surface area contributed by atoms with Crippen molar-refractivity contribution < 1.29 is 4.79 Å². The highest BCUT2D eigenvalue weighted by molar-refractivity contribution is 5.91. The predicted molar refractivity (Wildman–Crippen MR) is 67.5 cm³/mol. The molecule has 1 aromatic carbocycles. The molecule has 0 aliphatic heterocycles. The van der Waals surface area contributed by atoms with Crippen LogP contribution in [0.3, 0.4) is 0 Å². The molecular formula is C13H14N4O. The van der Waals surface area contributed by atoms with Crippen LogP contribution >= 0.6 is 0 Å². The fourth-order valence-electron chi connectivity index (χ4n) is 1.90. The third-order valence-electron chi connectivity index (χ3n) is 3.03. The normalized spacial score (nSPS) is 10.3. The van der Waals surface area contributed by atoms with Gasteiger partial charge in [-0.3, -0.25) is 4.79 Å². The van der Waals surface area contributed by atoms with Crippen LogP contribution < -0.4 is 0 Å². The van der Waals surface area contributed by atoms with Gasteiger partial charge < -0.3 is 9.47 Å². The van der Waals surface area contributed by atoms with Crippen molar-refractivity contribution in [2.24, 2.45) is 7.05 Å². The Balaban J connectivity index is 2.31. The average molecular weight is 242 g/mol. The third-order valence-corrected chi connectivity index (χ3v) is 3.03. The van der Waals surface area contributed by atoms with Crippen molar-refractivity contribution in [3.05, 3.63) is 29.6 Å². The SMILES string of the molecule is Cc1nc2cc(CN(C)C(=O)C#N)ccc2n1C. The molecule has 1 heterocycles. The van der Waals surface area contributed by atoms with Crippen LogP contribution in [0.25, 0.3) is 11.0 Å². The highest BCUT2D eigenvalue weighted by atomic mass is 16.2. The summed E-state index contributed by atoms with van der Waals surface area (Å²) in [6, 6.07) is 7.48. The monoisotopic (exact) mass is 242 g/mol. The summed E-state index contributed by atoms with van der Waals surface area (Å²) in [6.45, 7) is 2.36. The van der Waals surface area contributed by atoms with Crippen LogP contribution in [0.4, 0.5) is 0 Å². The Bertz CT molecular complexity index is 651. The minimum Gasteiger partial charge on any atom is -0.331 e. The van der Waals surface area contributed by atoms with Gasteiger partial charge in [0.05, 0.1) is 11.0 Å². The largest absolute Gasteiger partial charge is 0.331 e. The van der Waals surface area contributed by atoms with Crippen molar-refractivity contribution in [3.63, 3.8) is 0 Å². The quantitative estimate of drug-likeness (QED) is 0.747. The Labute approximate surface area is 105 Å². The van der Waals surface area contributed by atoms with E-state index in [4.69, 9.17) is 5.26 Å². The van der Waals surface area contributed by atoms with E-state index in [0.717, 1.165) is 22.4 Å². The number of carbonyl (C=O) groups is 1. The van der Waals surface area contributed by atoms with Gasteiger partial charge in [0.1, 0.15) is 5.82 Å². The number of imidazole rings is 1. The van der Waals surface area contributed by atoms with E-state index < -0.39 is 5.91 Å². The highest BCUT2D eigenvalue weighted by Gasteiger charge is 2.09. The molecule has 92 valence electrons. The first kappa shape index (κ1) is 12.1. The van der Waals surface area contributed by atoms with Gasteiger partial charge >= 0.3 is 5.91 Å². The van der Waals surface area contributed by atoms with Gasteiger partial charge in [-0.15, -0.1) is 0 Å². The molecule has 0 aliphatic rings. The molecule has 18 heavy (non-hydrogen) atoms. The summed E-state index contributed by atoms with van der Waals surface area (Å²) >= 11 is 0. The minimum atomic E-state index is -0.535. The zero-order chi connectivity index (χ0) is 13.3. The van der Waals surface area contributed by atoms with Gasteiger partial charge in [-0.1, -0.05) is 6.07 Å². The maximum absolute atomic E-state index is 11.2. The Morgan fingerprint density at radius 1 is 1.56 bits per heavy atom. The van der Waals surface area contributed by atoms with Crippen LogP contribution in [-0.4, -0.2) is 27.4 Å². The van der Waals surface area contributed by atoms with Crippen LogP contribution in [-0.2, 0) is 18.4 Å². The van der Waals surface area contributed by atoms with E-state index in [-0.39, 0.29) is 0 Å². The van der Waals surface area contributed by atoms with Crippen molar-refractivity contribution in [3.8, 4) is 6.07 Å². The molecule has 5 nitrogen and oxygen atoms in total. The molecule has 0 saturated heterocycles. The lowest BCUT2D eigenvalue weighted by Crippen LogP contribution is -2.24. The summed E-state index contributed by atoms with van der Waals surface area (Å²) in [7, 11) is 3.58. The molecule has 0 unspecified atom stereocenters. The third kappa shape index (κ3) is 2.05. The molecule has 5 heteroatoms. The van der Waals surface area contributed by atoms with E-state index in [1.54, 1.807) is 13.1 Å². The fraction of sp³-hybridized carbons (Fsp3) is 0.308. The smallest absolute Gasteiger partial charge is 0.325 e. The van der Waals surface area contributed by atoms with Gasteiger partial charge in [-0.2, -0.15) is 5.26 Å². The summed E-state index contributed by atoms with van der Waals surface area (Å²) in [4.78, 5) is 17.0. The number of rotatable bonds is 2. The molecule has 0 N–H and O–H groups in total. The molecule has 1 amide bonds. The number of hydrogen-bond donors (Lipinski definition) is 0. The summed E-state index contributed by atoms with van der Waals surface area (Å²) in [5, 5.41) is 8.54. The van der Waals surface area contributed by atoms with Crippen LogP contribution in [0.2, 0.25) is 0 Å². The van der Waals surface area contributed by atoms with Crippen LogP contribution in [0.1, 0.15) is 11.4 Å². The molecule has 0 aliphatic carbocycles. The lowest BCUT2D eigenvalue weighted by molar-refractivity contribution is -0.124. The number of nitrogens with zero attached hydrogens (tertiary/aromatic N) is 4. The standard InChI is InChI=1S/C13H14N4O/c1-9-15-11-6-10(4-5-12(11)17(9)3)8-16(2)13(18)7-14/h4-6H,8H2,1-3H3. The Morgan fingerprint density at radius 3 is 2.94 bits per heavy atom. The number of benzene rings is 1. The van der Waals surface area contributed by atoms with E-state index in [2.05, 4.69) is 4.98 Å². The maximum Gasteiger partial charge on any atom is 0.325 e. The zero-order valence-corrected chi connectivity index (χ0v) is 10.6. The number of aromatic nitrogens is 2. The average Bonchev–Trinajstić information content (AvgIpc) is 2.63. The molecule has 2 aromatic rings. The van der Waals surface area contributed by atoms with Crippen molar-refractivity contribution in [1.82, 2.24) is 14.5 Å². The topological polar surface area (TPSA) is 61.9 Å². The highest BCUT2D eigenvalue weighted by Crippen LogP contribution is 2.17. The van der Waals surface area contributed by atoms with Gasteiger partial charge in [0.15, 0.2) is 6.07 Å². The van der Waals surface area contributed by atoms with E-state index in [1.807, 2.05) is 36.7 Å². The molecule has 0 bridgehead atoms. The van der Waals surface area contributed by atoms with E-state index in [1.165, 1.54) is 4.90 Å². The molecule has 2 rings (SSSR count). The predicted octanol–water partition coefficient (Wildman–Crippen LogP) is 1.36. The second-order valence-corrected chi connectivity index (χ2v) is 4.31. The number of hydrogen-bond acceptors (Lipinski definition) is 3. The number of aryl methyl sites for hydroxylation is 2. The van der Waals surface area contributed by atoms with E-state index in [9.17, 15) is 4.79 Å². The summed E-state index contributed by atoms with van der Waals surface area (Å²) in [5.74, 6) is 0.413.